The van der Waals surface area contributed by atoms with Crippen LogP contribution in [0, 0.1) is 6.92 Å². The Labute approximate surface area is 163 Å². The van der Waals surface area contributed by atoms with Gasteiger partial charge in [0.1, 0.15) is 5.82 Å². The van der Waals surface area contributed by atoms with Crippen molar-refractivity contribution < 1.29 is 9.15 Å². The van der Waals surface area contributed by atoms with Crippen molar-refractivity contribution in [2.24, 2.45) is 0 Å². The summed E-state index contributed by atoms with van der Waals surface area (Å²) in [4.78, 5) is 26.4. The quantitative estimate of drug-likeness (QED) is 0.673. The van der Waals surface area contributed by atoms with Crippen molar-refractivity contribution >= 4 is 16.7 Å². The molecule has 28 heavy (non-hydrogen) atoms. The van der Waals surface area contributed by atoms with Crippen LogP contribution in [0.25, 0.3) is 22.4 Å². The van der Waals surface area contributed by atoms with E-state index in [1.54, 1.807) is 13.3 Å². The van der Waals surface area contributed by atoms with Crippen LogP contribution in [0.2, 0.25) is 0 Å². The molecule has 2 aromatic heterocycles. The molecule has 4 rings (SSSR count). The average molecular weight is 380 g/mol. The number of pyridine rings is 1. The van der Waals surface area contributed by atoms with E-state index >= 15 is 0 Å². The molecular weight excluding hydrogens is 356 g/mol. The number of aromatic nitrogens is 2. The highest BCUT2D eigenvalue weighted by Gasteiger charge is 2.22. The molecule has 7 heteroatoms. The second-order valence-electron chi connectivity index (χ2n) is 6.97. The average Bonchev–Trinajstić information content (AvgIpc) is 2.72. The van der Waals surface area contributed by atoms with Crippen LogP contribution in [0.5, 0.6) is 0 Å². The Hall–Kier alpha value is -2.77. The standard InChI is InChI=1S/C21H24N4O3/c1-15-5-3-7-17-18(15)21(26)28-20(23-17)16-6-4-8-22-19(16)25-11-9-24(10-12-25)13-14-27-2/h3-8H,9-14H2,1-2H3. The van der Waals surface area contributed by atoms with Crippen molar-refractivity contribution in [2.75, 3.05) is 51.3 Å². The number of anilines is 1. The van der Waals surface area contributed by atoms with Gasteiger partial charge in [0.2, 0.25) is 5.89 Å². The normalized spacial score (nSPS) is 15.3. The smallest absolute Gasteiger partial charge is 0.347 e. The van der Waals surface area contributed by atoms with Gasteiger partial charge in [0, 0.05) is 46.0 Å². The van der Waals surface area contributed by atoms with Gasteiger partial charge in [-0.3, -0.25) is 4.90 Å². The maximum Gasteiger partial charge on any atom is 0.347 e. The molecule has 0 radical (unpaired) electrons. The van der Waals surface area contributed by atoms with Crippen molar-refractivity contribution in [1.82, 2.24) is 14.9 Å². The lowest BCUT2D eigenvalue weighted by Crippen LogP contribution is -2.47. The topological polar surface area (TPSA) is 71.7 Å². The van der Waals surface area contributed by atoms with E-state index in [-0.39, 0.29) is 5.63 Å². The Kier molecular flexibility index (Phi) is 5.36. The Balaban J connectivity index is 1.66. The molecule has 0 bridgehead atoms. The van der Waals surface area contributed by atoms with E-state index in [4.69, 9.17) is 9.15 Å². The van der Waals surface area contributed by atoms with Crippen molar-refractivity contribution in [2.45, 2.75) is 6.92 Å². The largest absolute Gasteiger partial charge is 0.403 e. The minimum atomic E-state index is -0.364. The summed E-state index contributed by atoms with van der Waals surface area (Å²) in [6.45, 7) is 7.14. The maximum absolute atomic E-state index is 12.6. The fourth-order valence-electron chi connectivity index (χ4n) is 3.62. The number of methoxy groups -OCH3 is 1. The first-order chi connectivity index (χ1) is 13.7. The van der Waals surface area contributed by atoms with Crippen molar-refractivity contribution in [3.05, 3.63) is 52.5 Å². The molecule has 0 aliphatic carbocycles. The van der Waals surface area contributed by atoms with Gasteiger partial charge in [0.15, 0.2) is 0 Å². The van der Waals surface area contributed by atoms with E-state index in [9.17, 15) is 4.79 Å². The molecule has 0 saturated carbocycles. The number of ether oxygens (including phenoxy) is 1. The highest BCUT2D eigenvalue weighted by molar-refractivity contribution is 5.82. The Bertz CT molecular complexity index is 1030. The second kappa shape index (κ2) is 8.08. The van der Waals surface area contributed by atoms with Crippen molar-refractivity contribution in [1.29, 1.82) is 0 Å². The van der Waals surface area contributed by atoms with Gasteiger partial charge in [-0.05, 0) is 30.7 Å². The van der Waals surface area contributed by atoms with E-state index in [1.807, 2.05) is 37.3 Å². The number of aryl methyl sites for hydroxylation is 1. The monoisotopic (exact) mass is 380 g/mol. The molecule has 1 aromatic carbocycles. The zero-order chi connectivity index (χ0) is 19.5. The summed E-state index contributed by atoms with van der Waals surface area (Å²) in [5.41, 5.74) is 1.89. The van der Waals surface area contributed by atoms with E-state index in [2.05, 4.69) is 19.8 Å². The third-order valence-corrected chi connectivity index (χ3v) is 5.17. The molecular formula is C21H24N4O3. The first-order valence-electron chi connectivity index (χ1n) is 9.49. The van der Waals surface area contributed by atoms with Gasteiger partial charge in [0.25, 0.3) is 0 Å². The summed E-state index contributed by atoms with van der Waals surface area (Å²) in [5, 5.41) is 0.531. The minimum Gasteiger partial charge on any atom is -0.403 e. The summed E-state index contributed by atoms with van der Waals surface area (Å²) < 4.78 is 10.8. The van der Waals surface area contributed by atoms with Crippen LogP contribution in [-0.4, -0.2) is 61.3 Å². The van der Waals surface area contributed by atoms with E-state index < -0.39 is 0 Å². The van der Waals surface area contributed by atoms with Gasteiger partial charge in [0.05, 0.1) is 23.1 Å². The zero-order valence-corrected chi connectivity index (χ0v) is 16.2. The van der Waals surface area contributed by atoms with E-state index in [0.717, 1.165) is 56.3 Å². The summed E-state index contributed by atoms with van der Waals surface area (Å²) >= 11 is 0. The predicted molar refractivity (Wildman–Crippen MR) is 109 cm³/mol. The fraction of sp³-hybridized carbons (Fsp3) is 0.381. The first kappa shape index (κ1) is 18.6. The van der Waals surface area contributed by atoms with Gasteiger partial charge in [-0.25, -0.2) is 14.8 Å². The first-order valence-corrected chi connectivity index (χ1v) is 9.49. The lowest BCUT2D eigenvalue weighted by molar-refractivity contribution is 0.144. The third kappa shape index (κ3) is 3.63. The number of piperazine rings is 1. The van der Waals surface area contributed by atoms with Gasteiger partial charge < -0.3 is 14.1 Å². The van der Waals surface area contributed by atoms with Crippen LogP contribution in [0.15, 0.2) is 45.7 Å². The molecule has 3 heterocycles. The predicted octanol–water partition coefficient (Wildman–Crippen LogP) is 2.33. The molecule has 3 aromatic rings. The van der Waals surface area contributed by atoms with Crippen LogP contribution in [0.1, 0.15) is 5.56 Å². The lowest BCUT2D eigenvalue weighted by atomic mass is 10.1. The summed E-state index contributed by atoms with van der Waals surface area (Å²) in [6.07, 6.45) is 1.76. The number of rotatable bonds is 5. The zero-order valence-electron chi connectivity index (χ0n) is 16.2. The van der Waals surface area contributed by atoms with Gasteiger partial charge >= 0.3 is 5.63 Å². The molecule has 1 aliphatic heterocycles. The summed E-state index contributed by atoms with van der Waals surface area (Å²) in [6, 6.07) is 9.38. The minimum absolute atomic E-state index is 0.313. The molecule has 0 atom stereocenters. The second-order valence-corrected chi connectivity index (χ2v) is 6.97. The van der Waals surface area contributed by atoms with Crippen LogP contribution in [0.4, 0.5) is 5.82 Å². The molecule has 0 N–H and O–H groups in total. The molecule has 1 fully saturated rings. The number of nitrogens with zero attached hydrogens (tertiary/aromatic N) is 4. The summed E-state index contributed by atoms with van der Waals surface area (Å²) in [5.74, 6) is 1.12. The fourth-order valence-corrected chi connectivity index (χ4v) is 3.62. The number of benzene rings is 1. The Morgan fingerprint density at radius 2 is 1.96 bits per heavy atom. The third-order valence-electron chi connectivity index (χ3n) is 5.17. The SMILES string of the molecule is COCCN1CCN(c2ncccc2-c2nc3cccc(C)c3c(=O)o2)CC1. The van der Waals surface area contributed by atoms with E-state index in [0.29, 0.717) is 16.8 Å². The van der Waals surface area contributed by atoms with Gasteiger partial charge in [-0.15, -0.1) is 0 Å². The van der Waals surface area contributed by atoms with Crippen molar-refractivity contribution in [3.63, 3.8) is 0 Å². The van der Waals surface area contributed by atoms with Crippen molar-refractivity contribution in [3.8, 4) is 11.5 Å². The molecule has 0 amide bonds. The van der Waals surface area contributed by atoms with E-state index in [1.165, 1.54) is 0 Å². The molecule has 1 aliphatic rings. The van der Waals surface area contributed by atoms with Gasteiger partial charge in [-0.2, -0.15) is 0 Å². The molecule has 1 saturated heterocycles. The molecule has 146 valence electrons. The molecule has 7 nitrogen and oxygen atoms in total. The van der Waals surface area contributed by atoms with Crippen LogP contribution < -0.4 is 10.5 Å². The highest BCUT2D eigenvalue weighted by atomic mass is 16.5. The molecule has 0 spiro atoms. The lowest BCUT2D eigenvalue weighted by Gasteiger charge is -2.35. The number of hydrogen-bond acceptors (Lipinski definition) is 7. The van der Waals surface area contributed by atoms with Crippen LogP contribution in [0.3, 0.4) is 0 Å². The van der Waals surface area contributed by atoms with Crippen LogP contribution in [-0.2, 0) is 4.74 Å². The Morgan fingerprint density at radius 1 is 1.14 bits per heavy atom. The highest BCUT2D eigenvalue weighted by Crippen LogP contribution is 2.28. The number of fused-ring (bicyclic) bond motifs is 1. The van der Waals surface area contributed by atoms with Crippen LogP contribution >= 0.6 is 0 Å². The Morgan fingerprint density at radius 3 is 2.75 bits per heavy atom. The number of hydrogen-bond donors (Lipinski definition) is 0. The van der Waals surface area contributed by atoms with Gasteiger partial charge in [-0.1, -0.05) is 12.1 Å². The molecule has 0 unspecified atom stereocenters. The summed E-state index contributed by atoms with van der Waals surface area (Å²) in [7, 11) is 1.72. The maximum atomic E-state index is 12.6.